The number of esters is 1. The maximum Gasteiger partial charge on any atom is 0.306 e. The van der Waals surface area contributed by atoms with Crippen LogP contribution in [-0.2, 0) is 30.9 Å². The molecule has 2 N–H and O–H groups in total. The van der Waals surface area contributed by atoms with Crippen molar-refractivity contribution in [2.24, 2.45) is 0 Å². The molecule has 160 valence electrons. The lowest BCUT2D eigenvalue weighted by Crippen LogP contribution is -2.34. The zero-order valence-corrected chi connectivity index (χ0v) is 18.3. The lowest BCUT2D eigenvalue weighted by atomic mass is 10.2. The molecule has 2 aromatic rings. The number of sulfonamides is 1. The Balaban J connectivity index is 1.94. The standard InChI is InChI=1S/C20H23N3O5S2/c1-23(14-15-6-4-3-5-7-15)30(26,27)17-10-8-16(9-11-17)21-20(29)22-18(24)12-13-19(25)28-2/h3-11H,12-14H2,1-2H3,(H2,21,22,24,29). The van der Waals surface area contributed by atoms with Gasteiger partial charge in [-0.05, 0) is 42.0 Å². The van der Waals surface area contributed by atoms with Gasteiger partial charge in [-0.15, -0.1) is 0 Å². The van der Waals surface area contributed by atoms with Crippen LogP contribution in [0.15, 0.2) is 59.5 Å². The molecule has 0 saturated heterocycles. The first-order valence-electron chi connectivity index (χ1n) is 9.00. The van der Waals surface area contributed by atoms with Crippen LogP contribution in [0.2, 0.25) is 0 Å². The predicted octanol–water partition coefficient (Wildman–Crippen LogP) is 2.27. The van der Waals surface area contributed by atoms with Gasteiger partial charge in [-0.2, -0.15) is 4.31 Å². The molecule has 0 aliphatic carbocycles. The van der Waals surface area contributed by atoms with Crippen LogP contribution in [0.1, 0.15) is 18.4 Å². The molecule has 1 amide bonds. The summed E-state index contributed by atoms with van der Waals surface area (Å²) in [5.74, 6) is -0.919. The van der Waals surface area contributed by atoms with E-state index in [1.54, 1.807) is 12.1 Å². The van der Waals surface area contributed by atoms with Crippen molar-refractivity contribution < 1.29 is 22.7 Å². The first kappa shape index (κ1) is 23.5. The van der Waals surface area contributed by atoms with Gasteiger partial charge in [0.15, 0.2) is 5.11 Å². The van der Waals surface area contributed by atoms with Crippen LogP contribution in [0.5, 0.6) is 0 Å². The Hall–Kier alpha value is -2.82. The summed E-state index contributed by atoms with van der Waals surface area (Å²) in [6.07, 6.45) is -0.104. The predicted molar refractivity (Wildman–Crippen MR) is 117 cm³/mol. The van der Waals surface area contributed by atoms with Crippen LogP contribution < -0.4 is 10.6 Å². The molecule has 2 rings (SSSR count). The van der Waals surface area contributed by atoms with Gasteiger partial charge in [0.25, 0.3) is 0 Å². The summed E-state index contributed by atoms with van der Waals surface area (Å²) >= 11 is 5.06. The molecule has 0 aliphatic rings. The number of amides is 1. The normalized spacial score (nSPS) is 11.0. The van der Waals surface area contributed by atoms with Crippen LogP contribution in [0.4, 0.5) is 5.69 Å². The summed E-state index contributed by atoms with van der Waals surface area (Å²) in [5, 5.41) is 5.29. The van der Waals surface area contributed by atoms with Gasteiger partial charge in [-0.25, -0.2) is 8.42 Å². The number of ether oxygens (including phenoxy) is 1. The second-order valence-corrected chi connectivity index (χ2v) is 8.80. The molecule has 0 saturated carbocycles. The number of hydrogen-bond acceptors (Lipinski definition) is 6. The number of anilines is 1. The van der Waals surface area contributed by atoms with Crippen molar-refractivity contribution in [3.8, 4) is 0 Å². The minimum absolute atomic E-state index is 0.0432. The van der Waals surface area contributed by atoms with Gasteiger partial charge in [0, 0.05) is 25.7 Å². The molecular weight excluding hydrogens is 426 g/mol. The van der Waals surface area contributed by atoms with Gasteiger partial charge >= 0.3 is 5.97 Å². The van der Waals surface area contributed by atoms with E-state index in [9.17, 15) is 18.0 Å². The fourth-order valence-corrected chi connectivity index (χ4v) is 3.88. The van der Waals surface area contributed by atoms with Crippen LogP contribution in [0.3, 0.4) is 0 Å². The molecule has 0 fully saturated rings. The topological polar surface area (TPSA) is 105 Å². The SMILES string of the molecule is COC(=O)CCC(=O)NC(=S)Nc1ccc(S(=O)(=O)N(C)Cc2ccccc2)cc1. The zero-order chi connectivity index (χ0) is 22.1. The molecule has 10 heteroatoms. The Morgan fingerprint density at radius 2 is 1.67 bits per heavy atom. The molecule has 2 aromatic carbocycles. The van der Waals surface area contributed by atoms with E-state index < -0.39 is 21.9 Å². The molecule has 30 heavy (non-hydrogen) atoms. The van der Waals surface area contributed by atoms with Crippen molar-refractivity contribution in [1.82, 2.24) is 9.62 Å². The summed E-state index contributed by atoms with van der Waals surface area (Å²) in [7, 11) is -0.893. The number of methoxy groups -OCH3 is 1. The second-order valence-electron chi connectivity index (χ2n) is 6.35. The first-order chi connectivity index (χ1) is 14.2. The molecule has 0 radical (unpaired) electrons. The van der Waals surface area contributed by atoms with E-state index in [0.29, 0.717) is 5.69 Å². The maximum atomic E-state index is 12.8. The molecule has 0 spiro atoms. The number of nitrogens with zero attached hydrogens (tertiary/aromatic N) is 1. The third-order valence-corrected chi connectivity index (χ3v) is 6.13. The molecule has 0 bridgehead atoms. The smallest absolute Gasteiger partial charge is 0.306 e. The highest BCUT2D eigenvalue weighted by molar-refractivity contribution is 7.89. The van der Waals surface area contributed by atoms with Crippen molar-refractivity contribution in [3.05, 3.63) is 60.2 Å². The Bertz CT molecular complexity index is 993. The monoisotopic (exact) mass is 449 g/mol. The van der Waals surface area contributed by atoms with Gasteiger partial charge < -0.3 is 15.4 Å². The van der Waals surface area contributed by atoms with Crippen molar-refractivity contribution in [1.29, 1.82) is 0 Å². The highest BCUT2D eigenvalue weighted by Crippen LogP contribution is 2.19. The lowest BCUT2D eigenvalue weighted by Gasteiger charge is -2.17. The molecule has 0 aromatic heterocycles. The summed E-state index contributed by atoms with van der Waals surface area (Å²) in [6.45, 7) is 0.255. The van der Waals surface area contributed by atoms with Gasteiger partial charge in [-0.1, -0.05) is 30.3 Å². The third kappa shape index (κ3) is 6.90. The number of rotatable bonds is 8. The quantitative estimate of drug-likeness (QED) is 0.471. The number of nitrogens with one attached hydrogen (secondary N) is 2. The Labute approximate surface area is 181 Å². The third-order valence-electron chi connectivity index (χ3n) is 4.11. The number of benzene rings is 2. The Morgan fingerprint density at radius 1 is 1.03 bits per heavy atom. The Morgan fingerprint density at radius 3 is 2.27 bits per heavy atom. The zero-order valence-electron chi connectivity index (χ0n) is 16.6. The average molecular weight is 450 g/mol. The Kier molecular flexibility index (Phi) is 8.46. The van der Waals surface area contributed by atoms with E-state index in [1.165, 1.54) is 30.6 Å². The number of carbonyl (C=O) groups excluding carboxylic acids is 2. The second kappa shape index (κ2) is 10.8. The maximum absolute atomic E-state index is 12.8. The molecule has 0 heterocycles. The van der Waals surface area contributed by atoms with E-state index in [0.717, 1.165) is 5.56 Å². The van der Waals surface area contributed by atoms with Crippen molar-refractivity contribution in [2.45, 2.75) is 24.3 Å². The van der Waals surface area contributed by atoms with Gasteiger partial charge in [0.05, 0.1) is 18.4 Å². The summed E-state index contributed by atoms with van der Waals surface area (Å²) in [5.41, 5.74) is 1.40. The first-order valence-corrected chi connectivity index (χ1v) is 10.8. The van der Waals surface area contributed by atoms with E-state index >= 15 is 0 Å². The minimum Gasteiger partial charge on any atom is -0.469 e. The number of carbonyl (C=O) groups is 2. The molecule has 8 nitrogen and oxygen atoms in total. The van der Waals surface area contributed by atoms with Crippen molar-refractivity contribution >= 4 is 44.9 Å². The van der Waals surface area contributed by atoms with Crippen LogP contribution >= 0.6 is 12.2 Å². The number of thiocarbonyl (C=S) groups is 1. The summed E-state index contributed by atoms with van der Waals surface area (Å²) < 4.78 is 31.2. The molecule has 0 aliphatic heterocycles. The van der Waals surface area contributed by atoms with E-state index in [-0.39, 0.29) is 29.4 Å². The minimum atomic E-state index is -3.66. The van der Waals surface area contributed by atoms with Crippen LogP contribution in [-0.4, -0.2) is 43.9 Å². The van der Waals surface area contributed by atoms with Crippen molar-refractivity contribution in [3.63, 3.8) is 0 Å². The summed E-state index contributed by atoms with van der Waals surface area (Å²) in [6, 6.07) is 15.3. The summed E-state index contributed by atoms with van der Waals surface area (Å²) in [4.78, 5) is 22.9. The van der Waals surface area contributed by atoms with Crippen LogP contribution in [0.25, 0.3) is 0 Å². The number of hydrogen-bond donors (Lipinski definition) is 2. The largest absolute Gasteiger partial charge is 0.469 e. The van der Waals surface area contributed by atoms with Gasteiger partial charge in [0.1, 0.15) is 0 Å². The van der Waals surface area contributed by atoms with Gasteiger partial charge in [-0.3, -0.25) is 9.59 Å². The fourth-order valence-electron chi connectivity index (χ4n) is 2.48. The highest BCUT2D eigenvalue weighted by Gasteiger charge is 2.20. The highest BCUT2D eigenvalue weighted by atomic mass is 32.2. The lowest BCUT2D eigenvalue weighted by molar-refractivity contribution is -0.142. The van der Waals surface area contributed by atoms with Crippen LogP contribution in [0, 0.1) is 0 Å². The van der Waals surface area contributed by atoms with E-state index in [4.69, 9.17) is 12.2 Å². The molecule has 0 atom stereocenters. The van der Waals surface area contributed by atoms with Crippen molar-refractivity contribution in [2.75, 3.05) is 19.5 Å². The molecular formula is C20H23N3O5S2. The van der Waals surface area contributed by atoms with E-state index in [2.05, 4.69) is 15.4 Å². The molecule has 0 unspecified atom stereocenters. The fraction of sp³-hybridized carbons (Fsp3) is 0.250. The van der Waals surface area contributed by atoms with E-state index in [1.807, 2.05) is 30.3 Å². The average Bonchev–Trinajstić information content (AvgIpc) is 2.73. The van der Waals surface area contributed by atoms with Gasteiger partial charge in [0.2, 0.25) is 15.9 Å².